The maximum absolute atomic E-state index is 2.52. The number of hydrogen-bond donors (Lipinski definition) is 0. The van der Waals surface area contributed by atoms with Gasteiger partial charge in [0, 0.05) is 10.8 Å². The molecule has 0 nitrogen and oxygen atoms in total. The second-order valence-corrected chi connectivity index (χ2v) is 14.1. The molecule has 0 radical (unpaired) electrons. The molecule has 0 atom stereocenters. The van der Waals surface area contributed by atoms with E-state index in [0.29, 0.717) is 0 Å². The van der Waals surface area contributed by atoms with Crippen LogP contribution in [0.1, 0.15) is 72.2 Å². The van der Waals surface area contributed by atoms with E-state index in [0.717, 1.165) is 0 Å². The lowest BCUT2D eigenvalue weighted by Crippen LogP contribution is -2.15. The van der Waals surface area contributed by atoms with Gasteiger partial charge in [0.05, 0.1) is 0 Å². The van der Waals surface area contributed by atoms with E-state index in [1.807, 2.05) is 0 Å². The van der Waals surface area contributed by atoms with Crippen LogP contribution in [0.3, 0.4) is 0 Å². The fourth-order valence-corrected chi connectivity index (χ4v) is 8.52. The Hall–Kier alpha value is -4.68. The van der Waals surface area contributed by atoms with Crippen LogP contribution in [0.2, 0.25) is 0 Å². The van der Waals surface area contributed by atoms with Gasteiger partial charge in [0.2, 0.25) is 0 Å². The normalized spacial score (nSPS) is 16.3. The molecular weight excluding hydrogens is 528 g/mol. The van der Waals surface area contributed by atoms with E-state index in [2.05, 4.69) is 149 Å². The van der Waals surface area contributed by atoms with E-state index in [9.17, 15) is 0 Å². The first-order valence-corrected chi connectivity index (χ1v) is 16.1. The van der Waals surface area contributed by atoms with Crippen molar-refractivity contribution in [2.24, 2.45) is 0 Å². The number of fused-ring (bicyclic) bond motifs is 7. The standard InChI is InChI=1S/C44H36/c1-43(2)37-11-6-5-9-33(37)34-23-21-31(25-39(34)43)29-17-14-27(15-18-29)12-13-28-16-22-35-38(24-28)44(3,4)40-26-32-20-19-30-8-7-10-36(41(30)32)42(35)40/h5-18,21-26H,19-20H2,1-4H3/b13-12+. The first-order chi connectivity index (χ1) is 21.3. The Morgan fingerprint density at radius 2 is 1.14 bits per heavy atom. The predicted molar refractivity (Wildman–Crippen MR) is 187 cm³/mol. The van der Waals surface area contributed by atoms with E-state index in [1.54, 1.807) is 0 Å². The Balaban J connectivity index is 1.02. The number of rotatable bonds is 3. The predicted octanol–water partition coefficient (Wildman–Crippen LogP) is 11.4. The van der Waals surface area contributed by atoms with Gasteiger partial charge in [-0.3, -0.25) is 0 Å². The van der Waals surface area contributed by atoms with Gasteiger partial charge in [0.15, 0.2) is 0 Å². The van der Waals surface area contributed by atoms with Crippen molar-refractivity contribution in [1.82, 2.24) is 0 Å². The highest BCUT2D eigenvalue weighted by Gasteiger charge is 2.38. The SMILES string of the molecule is CC1(C)c2ccccc2-c2ccc(-c3ccc(/C=C/c4ccc5c(c4)C(C)(C)c4cc6c7c(cccc7c4-5)CC6)cc3)cc21. The Labute approximate surface area is 260 Å². The molecule has 9 rings (SSSR count). The summed E-state index contributed by atoms with van der Waals surface area (Å²) in [6, 6.07) is 41.4. The van der Waals surface area contributed by atoms with Crippen LogP contribution in [0.5, 0.6) is 0 Å². The topological polar surface area (TPSA) is 0 Å². The number of aryl methyl sites for hydroxylation is 2. The van der Waals surface area contributed by atoms with Gasteiger partial charge in [-0.2, -0.15) is 0 Å². The molecule has 0 saturated heterocycles. The average molecular weight is 565 g/mol. The Morgan fingerprint density at radius 3 is 2.00 bits per heavy atom. The summed E-state index contributed by atoms with van der Waals surface area (Å²) in [5.41, 5.74) is 19.5. The Kier molecular flexibility index (Phi) is 5.23. The second-order valence-electron chi connectivity index (χ2n) is 14.1. The van der Waals surface area contributed by atoms with Gasteiger partial charge < -0.3 is 0 Å². The third-order valence-corrected chi connectivity index (χ3v) is 10.9. The molecule has 0 saturated carbocycles. The molecule has 0 bridgehead atoms. The van der Waals surface area contributed by atoms with Crippen molar-refractivity contribution in [3.63, 3.8) is 0 Å². The molecule has 0 heterocycles. The minimum atomic E-state index is -0.00869. The van der Waals surface area contributed by atoms with Crippen LogP contribution >= 0.6 is 0 Å². The van der Waals surface area contributed by atoms with Crippen LogP contribution in [0.15, 0.2) is 109 Å². The zero-order chi connectivity index (χ0) is 29.8. The van der Waals surface area contributed by atoms with Crippen molar-refractivity contribution < 1.29 is 0 Å². The highest BCUT2D eigenvalue weighted by Crippen LogP contribution is 2.54. The summed E-state index contributed by atoms with van der Waals surface area (Å²) in [5.74, 6) is 0. The largest absolute Gasteiger partial charge is 0.0619 e. The van der Waals surface area contributed by atoms with Crippen molar-refractivity contribution in [2.45, 2.75) is 51.4 Å². The van der Waals surface area contributed by atoms with E-state index in [-0.39, 0.29) is 10.8 Å². The zero-order valence-electron chi connectivity index (χ0n) is 26.0. The van der Waals surface area contributed by atoms with Crippen LogP contribution in [0, 0.1) is 0 Å². The fraction of sp³-hybridized carbons (Fsp3) is 0.182. The molecule has 0 aliphatic heterocycles. The summed E-state index contributed by atoms with van der Waals surface area (Å²) in [5, 5.41) is 2.95. The highest BCUT2D eigenvalue weighted by molar-refractivity contribution is 6.06. The van der Waals surface area contributed by atoms with Gasteiger partial charge in [0.25, 0.3) is 0 Å². The lowest BCUT2D eigenvalue weighted by molar-refractivity contribution is 0.659. The molecule has 0 unspecified atom stereocenters. The number of hydrogen-bond acceptors (Lipinski definition) is 0. The first-order valence-electron chi connectivity index (χ1n) is 16.1. The molecule has 212 valence electrons. The van der Waals surface area contributed by atoms with E-state index >= 15 is 0 Å². The third kappa shape index (κ3) is 3.52. The molecular formula is C44H36. The first kappa shape index (κ1) is 25.8. The Bertz CT molecular complexity index is 2200. The van der Waals surface area contributed by atoms with Gasteiger partial charge >= 0.3 is 0 Å². The van der Waals surface area contributed by atoms with E-state index < -0.39 is 0 Å². The van der Waals surface area contributed by atoms with E-state index in [1.165, 1.54) is 102 Å². The van der Waals surface area contributed by atoms with Gasteiger partial charge in [-0.25, -0.2) is 0 Å². The molecule has 0 spiro atoms. The quantitative estimate of drug-likeness (QED) is 0.188. The summed E-state index contributed by atoms with van der Waals surface area (Å²) in [6.45, 7) is 9.50. The molecule has 3 aliphatic carbocycles. The minimum Gasteiger partial charge on any atom is -0.0619 e. The molecule has 0 heteroatoms. The monoisotopic (exact) mass is 564 g/mol. The van der Waals surface area contributed by atoms with Crippen molar-refractivity contribution in [1.29, 1.82) is 0 Å². The molecule has 0 N–H and O–H groups in total. The summed E-state index contributed by atoms with van der Waals surface area (Å²) in [7, 11) is 0. The van der Waals surface area contributed by atoms with Crippen molar-refractivity contribution in [2.75, 3.05) is 0 Å². The maximum Gasteiger partial charge on any atom is 0.0159 e. The summed E-state index contributed by atoms with van der Waals surface area (Å²) in [4.78, 5) is 0. The summed E-state index contributed by atoms with van der Waals surface area (Å²) in [6.07, 6.45) is 6.87. The van der Waals surface area contributed by atoms with Crippen LogP contribution in [0.25, 0.3) is 56.3 Å². The molecule has 6 aromatic rings. The van der Waals surface area contributed by atoms with Gasteiger partial charge in [0.1, 0.15) is 0 Å². The van der Waals surface area contributed by atoms with Crippen LogP contribution < -0.4 is 0 Å². The van der Waals surface area contributed by atoms with Crippen LogP contribution in [0.4, 0.5) is 0 Å². The van der Waals surface area contributed by atoms with Crippen molar-refractivity contribution >= 4 is 22.9 Å². The minimum absolute atomic E-state index is 0.00869. The highest BCUT2D eigenvalue weighted by atomic mass is 14.4. The summed E-state index contributed by atoms with van der Waals surface area (Å²) >= 11 is 0. The summed E-state index contributed by atoms with van der Waals surface area (Å²) < 4.78 is 0. The van der Waals surface area contributed by atoms with Gasteiger partial charge in [-0.05, 0) is 108 Å². The lowest BCUT2D eigenvalue weighted by atomic mass is 9.81. The second kappa shape index (κ2) is 8.93. The Morgan fingerprint density at radius 1 is 0.477 bits per heavy atom. The van der Waals surface area contributed by atoms with Crippen molar-refractivity contribution in [3.8, 4) is 33.4 Å². The molecule has 3 aliphatic rings. The molecule has 44 heavy (non-hydrogen) atoms. The molecule has 6 aromatic carbocycles. The van der Waals surface area contributed by atoms with Crippen LogP contribution in [-0.4, -0.2) is 0 Å². The molecule has 0 fully saturated rings. The van der Waals surface area contributed by atoms with Crippen molar-refractivity contribution in [3.05, 3.63) is 154 Å². The van der Waals surface area contributed by atoms with Gasteiger partial charge in [-0.1, -0.05) is 143 Å². The lowest BCUT2D eigenvalue weighted by Gasteiger charge is -2.22. The molecule has 0 amide bonds. The average Bonchev–Trinajstić information content (AvgIpc) is 3.64. The van der Waals surface area contributed by atoms with Crippen LogP contribution in [-0.2, 0) is 23.7 Å². The zero-order valence-corrected chi connectivity index (χ0v) is 26.0. The van der Waals surface area contributed by atoms with E-state index in [4.69, 9.17) is 0 Å². The fourth-order valence-electron chi connectivity index (χ4n) is 8.52. The smallest absolute Gasteiger partial charge is 0.0159 e. The molecule has 0 aromatic heterocycles. The third-order valence-electron chi connectivity index (χ3n) is 10.9. The van der Waals surface area contributed by atoms with Gasteiger partial charge in [-0.15, -0.1) is 0 Å². The maximum atomic E-state index is 2.52. The number of benzene rings is 6.